The summed E-state index contributed by atoms with van der Waals surface area (Å²) in [4.78, 5) is 13.8. The second-order valence-electron chi connectivity index (χ2n) is 4.67. The third-order valence-electron chi connectivity index (χ3n) is 2.85. The number of anilines is 2. The van der Waals surface area contributed by atoms with Crippen molar-refractivity contribution in [3.63, 3.8) is 0 Å². The first kappa shape index (κ1) is 16.0. The summed E-state index contributed by atoms with van der Waals surface area (Å²) in [5, 5.41) is 9.63. The number of aromatic nitrogens is 1. The molecule has 0 spiro atoms. The molecule has 7 nitrogen and oxygen atoms in total. The zero-order chi connectivity index (χ0) is 16.1. The molecular weight excluding hydrogens is 308 g/mol. The summed E-state index contributed by atoms with van der Waals surface area (Å²) < 4.78 is 9.89. The average Bonchev–Trinajstić information content (AvgIpc) is 2.93. The van der Waals surface area contributed by atoms with E-state index in [9.17, 15) is 4.79 Å². The van der Waals surface area contributed by atoms with Gasteiger partial charge in [-0.15, -0.1) is 0 Å². The number of hydrogen-bond donors (Lipinski definition) is 2. The van der Waals surface area contributed by atoms with Crippen LogP contribution in [0.2, 0.25) is 5.02 Å². The number of carbonyl (C=O) groups excluding carboxylic acids is 1. The van der Waals surface area contributed by atoms with Crippen molar-refractivity contribution in [2.45, 2.75) is 6.54 Å². The summed E-state index contributed by atoms with van der Waals surface area (Å²) in [6.07, 6.45) is 0. The molecule has 0 bridgehead atoms. The van der Waals surface area contributed by atoms with Crippen LogP contribution in [-0.2, 0) is 6.54 Å². The van der Waals surface area contributed by atoms with Gasteiger partial charge < -0.3 is 24.8 Å². The number of hydrogen-bond acceptors (Lipinski definition) is 5. The van der Waals surface area contributed by atoms with Crippen molar-refractivity contribution in [2.24, 2.45) is 0 Å². The van der Waals surface area contributed by atoms with Gasteiger partial charge in [0.1, 0.15) is 0 Å². The second-order valence-corrected chi connectivity index (χ2v) is 5.08. The van der Waals surface area contributed by atoms with E-state index in [4.69, 9.17) is 20.9 Å². The van der Waals surface area contributed by atoms with Gasteiger partial charge in [-0.2, -0.15) is 0 Å². The number of para-hydroxylation sites is 1. The van der Waals surface area contributed by atoms with E-state index >= 15 is 0 Å². The minimum atomic E-state index is -0.374. The Kier molecular flexibility index (Phi) is 5.11. The fourth-order valence-corrected chi connectivity index (χ4v) is 2.22. The fraction of sp³-hybridized carbons (Fsp3) is 0.286. The lowest BCUT2D eigenvalue weighted by atomic mass is 10.2. The predicted molar refractivity (Wildman–Crippen MR) is 84.7 cm³/mol. The van der Waals surface area contributed by atoms with E-state index in [0.717, 1.165) is 5.69 Å². The normalized spacial score (nSPS) is 10.2. The van der Waals surface area contributed by atoms with Crippen molar-refractivity contribution < 1.29 is 14.1 Å². The van der Waals surface area contributed by atoms with Gasteiger partial charge in [0.15, 0.2) is 5.76 Å². The Bertz CT molecular complexity index is 657. The van der Waals surface area contributed by atoms with Crippen molar-refractivity contribution in [1.29, 1.82) is 0 Å². The highest BCUT2D eigenvalue weighted by molar-refractivity contribution is 6.34. The molecule has 0 aliphatic rings. The first-order valence-electron chi connectivity index (χ1n) is 6.51. The second kappa shape index (κ2) is 7.04. The number of methoxy groups -OCH3 is 1. The lowest BCUT2D eigenvalue weighted by molar-refractivity contribution is 0.250. The number of rotatable bonds is 5. The summed E-state index contributed by atoms with van der Waals surface area (Å²) in [6.45, 7) is 0.195. The predicted octanol–water partition coefficient (Wildman–Crippen LogP) is 2.72. The number of ether oxygens (including phenoxy) is 1. The minimum absolute atomic E-state index is 0.195. The molecule has 0 saturated heterocycles. The topological polar surface area (TPSA) is 79.6 Å². The van der Waals surface area contributed by atoms with Crippen LogP contribution in [0.15, 0.2) is 28.8 Å². The van der Waals surface area contributed by atoms with Gasteiger partial charge in [-0.3, -0.25) is 0 Å². The van der Waals surface area contributed by atoms with Gasteiger partial charge in [-0.25, -0.2) is 4.79 Å². The lowest BCUT2D eigenvalue weighted by Gasteiger charge is -2.19. The number of nitrogens with zero attached hydrogens (tertiary/aromatic N) is 2. The maximum Gasteiger partial charge on any atom is 0.319 e. The summed E-state index contributed by atoms with van der Waals surface area (Å²) in [7, 11) is 5.19. The SMILES string of the molecule is COc1cc(CNC(=O)Nc2cccc(Cl)c2N(C)C)on1. The molecule has 2 N–H and O–H groups in total. The molecule has 0 unspecified atom stereocenters. The van der Waals surface area contributed by atoms with Gasteiger partial charge in [-0.1, -0.05) is 17.7 Å². The largest absolute Gasteiger partial charge is 0.479 e. The number of halogens is 1. The van der Waals surface area contributed by atoms with Crippen LogP contribution in [0, 0.1) is 0 Å². The van der Waals surface area contributed by atoms with Crippen molar-refractivity contribution in [3.05, 3.63) is 35.0 Å². The van der Waals surface area contributed by atoms with E-state index < -0.39 is 0 Å². The first-order chi connectivity index (χ1) is 10.5. The highest BCUT2D eigenvalue weighted by atomic mass is 35.5. The highest BCUT2D eigenvalue weighted by Crippen LogP contribution is 2.32. The van der Waals surface area contributed by atoms with Gasteiger partial charge in [0.05, 0.1) is 30.1 Å². The Balaban J connectivity index is 1.99. The molecule has 2 rings (SSSR count). The Hall–Kier alpha value is -2.41. The summed E-state index contributed by atoms with van der Waals surface area (Å²) >= 11 is 6.15. The monoisotopic (exact) mass is 324 g/mol. The number of amides is 2. The molecule has 0 aliphatic heterocycles. The third-order valence-corrected chi connectivity index (χ3v) is 3.16. The van der Waals surface area contributed by atoms with Crippen molar-refractivity contribution in [1.82, 2.24) is 10.5 Å². The first-order valence-corrected chi connectivity index (χ1v) is 6.89. The van der Waals surface area contributed by atoms with Crippen molar-refractivity contribution in [3.8, 4) is 5.88 Å². The Labute approximate surface area is 133 Å². The number of urea groups is 1. The zero-order valence-electron chi connectivity index (χ0n) is 12.5. The standard InChI is InChI=1S/C14H17ClN4O3/c1-19(2)13-10(15)5-4-6-11(13)17-14(20)16-8-9-7-12(21-3)18-22-9/h4-7H,8H2,1-3H3,(H2,16,17,20). The van der Waals surface area contributed by atoms with Crippen molar-refractivity contribution in [2.75, 3.05) is 31.4 Å². The Morgan fingerprint density at radius 2 is 2.23 bits per heavy atom. The van der Waals surface area contributed by atoms with Crippen LogP contribution in [0.1, 0.15) is 5.76 Å². The molecule has 0 aliphatic carbocycles. The minimum Gasteiger partial charge on any atom is -0.479 e. The maximum atomic E-state index is 12.0. The number of nitrogens with one attached hydrogen (secondary N) is 2. The van der Waals surface area contributed by atoms with Gasteiger partial charge in [-0.05, 0) is 17.3 Å². The van der Waals surface area contributed by atoms with Crippen LogP contribution in [-0.4, -0.2) is 32.4 Å². The van der Waals surface area contributed by atoms with Gasteiger partial charge in [0.25, 0.3) is 5.88 Å². The lowest BCUT2D eigenvalue weighted by Crippen LogP contribution is -2.28. The fourth-order valence-electron chi connectivity index (χ4n) is 1.88. The Morgan fingerprint density at radius 1 is 1.45 bits per heavy atom. The molecule has 2 aromatic rings. The molecule has 8 heteroatoms. The van der Waals surface area contributed by atoms with Gasteiger partial charge in [0.2, 0.25) is 0 Å². The Morgan fingerprint density at radius 3 is 2.86 bits per heavy atom. The number of carbonyl (C=O) groups is 1. The molecule has 1 aromatic carbocycles. The molecule has 2 amide bonds. The molecule has 1 heterocycles. The van der Waals surface area contributed by atoms with Gasteiger partial charge >= 0.3 is 6.03 Å². The van der Waals surface area contributed by atoms with Crippen LogP contribution in [0.4, 0.5) is 16.2 Å². The third kappa shape index (κ3) is 3.82. The van der Waals surface area contributed by atoms with E-state index in [-0.39, 0.29) is 12.6 Å². The molecular formula is C14H17ClN4O3. The van der Waals surface area contributed by atoms with Crippen LogP contribution in [0.25, 0.3) is 0 Å². The highest BCUT2D eigenvalue weighted by Gasteiger charge is 2.12. The summed E-state index contributed by atoms with van der Waals surface area (Å²) in [5.74, 6) is 0.855. The van der Waals surface area contributed by atoms with Crippen LogP contribution >= 0.6 is 11.6 Å². The molecule has 118 valence electrons. The smallest absolute Gasteiger partial charge is 0.319 e. The molecule has 22 heavy (non-hydrogen) atoms. The average molecular weight is 325 g/mol. The van der Waals surface area contributed by atoms with Crippen LogP contribution < -0.4 is 20.3 Å². The van der Waals surface area contributed by atoms with E-state index in [1.807, 2.05) is 19.0 Å². The molecule has 0 radical (unpaired) electrons. The molecule has 0 atom stereocenters. The summed E-state index contributed by atoms with van der Waals surface area (Å²) in [5.41, 5.74) is 1.35. The summed E-state index contributed by atoms with van der Waals surface area (Å²) in [6, 6.07) is 6.54. The van der Waals surface area contributed by atoms with E-state index in [1.54, 1.807) is 24.3 Å². The quantitative estimate of drug-likeness (QED) is 0.884. The van der Waals surface area contributed by atoms with Crippen molar-refractivity contribution >= 4 is 29.0 Å². The number of benzene rings is 1. The zero-order valence-corrected chi connectivity index (χ0v) is 13.3. The van der Waals surface area contributed by atoms with E-state index in [2.05, 4.69) is 15.8 Å². The molecule has 0 fully saturated rings. The van der Waals surface area contributed by atoms with Gasteiger partial charge in [0, 0.05) is 20.2 Å². The maximum absolute atomic E-state index is 12.0. The molecule has 0 saturated carbocycles. The molecule has 1 aromatic heterocycles. The van der Waals surface area contributed by atoms with E-state index in [1.165, 1.54) is 7.11 Å². The van der Waals surface area contributed by atoms with Crippen LogP contribution in [0.5, 0.6) is 5.88 Å². The van der Waals surface area contributed by atoms with E-state index in [0.29, 0.717) is 22.4 Å². The van der Waals surface area contributed by atoms with Crippen LogP contribution in [0.3, 0.4) is 0 Å².